The van der Waals surface area contributed by atoms with Crippen molar-refractivity contribution in [3.8, 4) is 0 Å². The summed E-state index contributed by atoms with van der Waals surface area (Å²) in [5, 5.41) is 0.759. The van der Waals surface area contributed by atoms with Gasteiger partial charge in [0.2, 0.25) is 5.12 Å². The van der Waals surface area contributed by atoms with E-state index in [2.05, 4.69) is 13.5 Å². The molecule has 13 heavy (non-hydrogen) atoms. The van der Waals surface area contributed by atoms with Gasteiger partial charge in [-0.1, -0.05) is 25.3 Å². The standard InChI is InChI=1S/C9H14OS3/c1-3-8(10)11-5-7-6-12-9(4-2)13-7/h3,7,9H,1,4-6H2,2H3. The Kier molecular flexibility index (Phi) is 5.36. The number of carbonyl (C=O) groups is 1. The molecule has 0 N–H and O–H groups in total. The van der Waals surface area contributed by atoms with E-state index in [1.54, 1.807) is 0 Å². The van der Waals surface area contributed by atoms with Crippen molar-refractivity contribution in [1.29, 1.82) is 0 Å². The third-order valence-corrected chi connectivity index (χ3v) is 6.56. The lowest BCUT2D eigenvalue weighted by molar-refractivity contribution is -0.107. The van der Waals surface area contributed by atoms with Crippen molar-refractivity contribution in [2.45, 2.75) is 23.2 Å². The molecule has 2 unspecified atom stereocenters. The van der Waals surface area contributed by atoms with Gasteiger partial charge in [-0.15, -0.1) is 23.5 Å². The first-order chi connectivity index (χ1) is 6.26. The second-order valence-corrected chi connectivity index (χ2v) is 6.83. The van der Waals surface area contributed by atoms with E-state index >= 15 is 0 Å². The lowest BCUT2D eigenvalue weighted by Gasteiger charge is -2.06. The minimum atomic E-state index is 0.102. The Bertz CT molecular complexity index is 193. The minimum absolute atomic E-state index is 0.102. The average Bonchev–Trinajstić information content (AvgIpc) is 2.61. The van der Waals surface area contributed by atoms with Gasteiger partial charge in [0.15, 0.2) is 0 Å². The molecule has 0 saturated carbocycles. The zero-order valence-electron chi connectivity index (χ0n) is 7.69. The number of thioether (sulfide) groups is 3. The highest BCUT2D eigenvalue weighted by Crippen LogP contribution is 2.40. The summed E-state index contributed by atoms with van der Waals surface area (Å²) in [6, 6.07) is 0. The van der Waals surface area contributed by atoms with Crippen LogP contribution in [-0.4, -0.2) is 26.5 Å². The molecule has 74 valence electrons. The van der Waals surface area contributed by atoms with Crippen LogP contribution < -0.4 is 0 Å². The van der Waals surface area contributed by atoms with E-state index in [4.69, 9.17) is 0 Å². The van der Waals surface area contributed by atoms with Crippen molar-refractivity contribution < 1.29 is 4.79 Å². The molecule has 0 spiro atoms. The van der Waals surface area contributed by atoms with Gasteiger partial charge < -0.3 is 0 Å². The first-order valence-electron chi connectivity index (χ1n) is 4.32. The number of hydrogen-bond acceptors (Lipinski definition) is 4. The Morgan fingerprint density at radius 3 is 3.08 bits per heavy atom. The molecule has 1 aliphatic rings. The van der Waals surface area contributed by atoms with E-state index in [-0.39, 0.29) is 5.12 Å². The lowest BCUT2D eigenvalue weighted by Crippen LogP contribution is -2.06. The molecule has 1 nitrogen and oxygen atoms in total. The summed E-state index contributed by atoms with van der Waals surface area (Å²) in [5.74, 6) is 2.14. The molecule has 1 saturated heterocycles. The maximum absolute atomic E-state index is 10.9. The topological polar surface area (TPSA) is 17.1 Å². The number of carbonyl (C=O) groups excluding carboxylic acids is 1. The fourth-order valence-corrected chi connectivity index (χ4v) is 5.27. The molecule has 2 atom stereocenters. The van der Waals surface area contributed by atoms with Crippen LogP contribution in [0.3, 0.4) is 0 Å². The molecule has 0 bridgehead atoms. The lowest BCUT2D eigenvalue weighted by atomic mass is 10.5. The fourth-order valence-electron chi connectivity index (χ4n) is 1.04. The van der Waals surface area contributed by atoms with E-state index in [0.717, 1.165) is 10.3 Å². The Balaban J connectivity index is 2.17. The van der Waals surface area contributed by atoms with Gasteiger partial charge in [0.25, 0.3) is 0 Å². The third kappa shape index (κ3) is 4.00. The monoisotopic (exact) mass is 234 g/mol. The molecule has 1 fully saturated rings. The van der Waals surface area contributed by atoms with Gasteiger partial charge in [-0.3, -0.25) is 4.79 Å². The predicted octanol–water partition coefficient (Wildman–Crippen LogP) is 3.02. The summed E-state index contributed by atoms with van der Waals surface area (Å²) in [4.78, 5) is 10.9. The van der Waals surface area contributed by atoms with Crippen molar-refractivity contribution >= 4 is 40.4 Å². The van der Waals surface area contributed by atoms with Gasteiger partial charge in [0, 0.05) is 16.8 Å². The summed E-state index contributed by atoms with van der Waals surface area (Å²) < 4.78 is 0.754. The highest BCUT2D eigenvalue weighted by atomic mass is 32.2. The van der Waals surface area contributed by atoms with E-state index in [1.165, 1.54) is 30.0 Å². The van der Waals surface area contributed by atoms with Gasteiger partial charge in [-0.25, -0.2) is 0 Å². The van der Waals surface area contributed by atoms with Gasteiger partial charge in [0.1, 0.15) is 0 Å². The highest BCUT2D eigenvalue weighted by molar-refractivity contribution is 8.21. The maximum atomic E-state index is 10.9. The Morgan fingerprint density at radius 1 is 1.77 bits per heavy atom. The molecule has 0 aromatic rings. The SMILES string of the molecule is C=CC(=O)SCC1CSC(CC)S1. The van der Waals surface area contributed by atoms with Crippen LogP contribution in [-0.2, 0) is 4.79 Å². The van der Waals surface area contributed by atoms with Crippen molar-refractivity contribution in [2.75, 3.05) is 11.5 Å². The molecule has 0 aromatic heterocycles. The summed E-state index contributed by atoms with van der Waals surface area (Å²) in [6.45, 7) is 5.67. The molecule has 1 aliphatic heterocycles. The predicted molar refractivity (Wildman–Crippen MR) is 65.6 cm³/mol. The van der Waals surface area contributed by atoms with Crippen molar-refractivity contribution in [3.63, 3.8) is 0 Å². The second kappa shape index (κ2) is 6.04. The molecule has 1 heterocycles. The smallest absolute Gasteiger partial charge is 0.211 e. The highest BCUT2D eigenvalue weighted by Gasteiger charge is 2.24. The molecule has 0 radical (unpaired) electrons. The van der Waals surface area contributed by atoms with Crippen LogP contribution >= 0.6 is 35.3 Å². The quantitative estimate of drug-likeness (QED) is 0.695. The van der Waals surface area contributed by atoms with Gasteiger partial charge in [-0.2, -0.15) is 0 Å². The van der Waals surface area contributed by atoms with E-state index in [1.807, 2.05) is 23.5 Å². The molecular weight excluding hydrogens is 220 g/mol. The first kappa shape index (κ1) is 11.5. The van der Waals surface area contributed by atoms with Crippen LogP contribution in [0.4, 0.5) is 0 Å². The Hall–Kier alpha value is 0.460. The van der Waals surface area contributed by atoms with Gasteiger partial charge >= 0.3 is 0 Å². The molecule has 0 amide bonds. The molecule has 4 heteroatoms. The zero-order chi connectivity index (χ0) is 9.68. The zero-order valence-corrected chi connectivity index (χ0v) is 10.1. The summed E-state index contributed by atoms with van der Waals surface area (Å²) in [6.07, 6.45) is 2.63. The molecule has 0 aromatic carbocycles. The van der Waals surface area contributed by atoms with Crippen molar-refractivity contribution in [2.24, 2.45) is 0 Å². The van der Waals surface area contributed by atoms with Crippen LogP contribution in [0.15, 0.2) is 12.7 Å². The molecular formula is C9H14OS3. The number of rotatable bonds is 4. The summed E-state index contributed by atoms with van der Waals surface area (Å²) >= 11 is 5.44. The van der Waals surface area contributed by atoms with Crippen molar-refractivity contribution in [3.05, 3.63) is 12.7 Å². The molecule has 1 rings (SSSR count). The molecule has 0 aliphatic carbocycles. The Labute approximate surface area is 92.5 Å². The van der Waals surface area contributed by atoms with Crippen LogP contribution in [0.5, 0.6) is 0 Å². The van der Waals surface area contributed by atoms with Crippen LogP contribution in [0, 0.1) is 0 Å². The van der Waals surface area contributed by atoms with E-state index in [0.29, 0.717) is 5.25 Å². The van der Waals surface area contributed by atoms with Crippen molar-refractivity contribution in [1.82, 2.24) is 0 Å². The van der Waals surface area contributed by atoms with Crippen LogP contribution in [0.2, 0.25) is 0 Å². The third-order valence-electron chi connectivity index (χ3n) is 1.72. The normalized spacial score (nSPS) is 27.5. The minimum Gasteiger partial charge on any atom is -0.282 e. The second-order valence-electron chi connectivity index (χ2n) is 2.76. The summed E-state index contributed by atoms with van der Waals surface area (Å²) in [5.41, 5.74) is 0. The average molecular weight is 234 g/mol. The maximum Gasteiger partial charge on any atom is 0.211 e. The first-order valence-corrected chi connectivity index (χ1v) is 7.30. The van der Waals surface area contributed by atoms with E-state index < -0.39 is 0 Å². The van der Waals surface area contributed by atoms with Gasteiger partial charge in [-0.05, 0) is 12.5 Å². The number of hydrogen-bond donors (Lipinski definition) is 0. The van der Waals surface area contributed by atoms with Crippen LogP contribution in [0.1, 0.15) is 13.3 Å². The Morgan fingerprint density at radius 2 is 2.54 bits per heavy atom. The summed E-state index contributed by atoms with van der Waals surface area (Å²) in [7, 11) is 0. The fraction of sp³-hybridized carbons (Fsp3) is 0.667. The van der Waals surface area contributed by atoms with Gasteiger partial charge in [0.05, 0.1) is 4.58 Å². The largest absolute Gasteiger partial charge is 0.282 e. The van der Waals surface area contributed by atoms with Crippen LogP contribution in [0.25, 0.3) is 0 Å². The van der Waals surface area contributed by atoms with E-state index in [9.17, 15) is 4.79 Å².